The molecule has 0 aromatic heterocycles. The molecule has 0 atom stereocenters. The average molecular weight is 135 g/mol. The van der Waals surface area contributed by atoms with Crippen molar-refractivity contribution < 1.29 is 0 Å². The van der Waals surface area contributed by atoms with E-state index in [4.69, 9.17) is 5.73 Å². The molecule has 1 heteroatoms. The van der Waals surface area contributed by atoms with Crippen LogP contribution in [0.25, 0.3) is 0 Å². The zero-order valence-corrected chi connectivity index (χ0v) is 6.25. The lowest BCUT2D eigenvalue weighted by Crippen LogP contribution is -1.72. The summed E-state index contributed by atoms with van der Waals surface area (Å²) in [7, 11) is 0. The SMILES string of the molecule is C=C(/C=C\C=C/N)/C=C/C. The van der Waals surface area contributed by atoms with Crippen molar-refractivity contribution in [1.29, 1.82) is 0 Å². The Morgan fingerprint density at radius 3 is 2.50 bits per heavy atom. The van der Waals surface area contributed by atoms with E-state index in [2.05, 4.69) is 6.58 Å². The van der Waals surface area contributed by atoms with Crippen LogP contribution >= 0.6 is 0 Å². The molecule has 0 heterocycles. The van der Waals surface area contributed by atoms with Gasteiger partial charge in [0.25, 0.3) is 0 Å². The fourth-order valence-electron chi connectivity index (χ4n) is 0.513. The topological polar surface area (TPSA) is 26.0 Å². The maximum atomic E-state index is 5.11. The highest BCUT2D eigenvalue weighted by atomic mass is 14.5. The highest BCUT2D eigenvalue weighted by Gasteiger charge is 1.73. The zero-order chi connectivity index (χ0) is 7.82. The molecule has 0 aliphatic rings. The van der Waals surface area contributed by atoms with E-state index in [-0.39, 0.29) is 0 Å². The van der Waals surface area contributed by atoms with Crippen LogP contribution in [0.15, 0.2) is 48.7 Å². The van der Waals surface area contributed by atoms with Crippen LogP contribution in [0, 0.1) is 0 Å². The van der Waals surface area contributed by atoms with Gasteiger partial charge in [-0.2, -0.15) is 0 Å². The third kappa shape index (κ3) is 4.91. The van der Waals surface area contributed by atoms with Gasteiger partial charge in [0, 0.05) is 0 Å². The van der Waals surface area contributed by atoms with Crippen molar-refractivity contribution in [3.8, 4) is 0 Å². The van der Waals surface area contributed by atoms with Gasteiger partial charge in [-0.05, 0) is 24.8 Å². The van der Waals surface area contributed by atoms with Crippen molar-refractivity contribution >= 4 is 0 Å². The van der Waals surface area contributed by atoms with E-state index >= 15 is 0 Å². The monoisotopic (exact) mass is 135 g/mol. The summed E-state index contributed by atoms with van der Waals surface area (Å²) in [4.78, 5) is 0. The Balaban J connectivity index is 3.78. The number of hydrogen-bond acceptors (Lipinski definition) is 1. The standard InChI is InChI=1S/C9H13N/c1-3-6-9(2)7-4-5-8-10/h3-8H,2,10H2,1H3/b6-3+,7-4-,8-5-. The Hall–Kier alpha value is -1.24. The number of rotatable bonds is 3. The second-order valence-electron chi connectivity index (χ2n) is 1.82. The van der Waals surface area contributed by atoms with Crippen molar-refractivity contribution in [1.82, 2.24) is 0 Å². The first-order valence-corrected chi connectivity index (χ1v) is 3.17. The molecular weight excluding hydrogens is 122 g/mol. The molecule has 0 amide bonds. The first kappa shape index (κ1) is 8.76. The van der Waals surface area contributed by atoms with Gasteiger partial charge in [-0.3, -0.25) is 0 Å². The lowest BCUT2D eigenvalue weighted by molar-refractivity contribution is 1.59. The van der Waals surface area contributed by atoms with Crippen LogP contribution in [0.3, 0.4) is 0 Å². The minimum absolute atomic E-state index is 0.973. The van der Waals surface area contributed by atoms with E-state index in [1.165, 1.54) is 6.20 Å². The Kier molecular flexibility index (Phi) is 5.16. The molecule has 0 aliphatic heterocycles. The summed E-state index contributed by atoms with van der Waals surface area (Å²) < 4.78 is 0. The summed E-state index contributed by atoms with van der Waals surface area (Å²) in [6.07, 6.45) is 10.9. The van der Waals surface area contributed by atoms with E-state index in [1.54, 1.807) is 6.08 Å². The Bertz CT molecular complexity index is 173. The van der Waals surface area contributed by atoms with Crippen LogP contribution in [-0.2, 0) is 0 Å². The van der Waals surface area contributed by atoms with Crippen LogP contribution in [0.1, 0.15) is 6.92 Å². The van der Waals surface area contributed by atoms with Crippen molar-refractivity contribution in [3.63, 3.8) is 0 Å². The van der Waals surface area contributed by atoms with E-state index in [9.17, 15) is 0 Å². The molecule has 0 saturated carbocycles. The highest BCUT2D eigenvalue weighted by Crippen LogP contribution is 1.94. The predicted octanol–water partition coefficient (Wildman–Crippen LogP) is 2.15. The summed E-state index contributed by atoms with van der Waals surface area (Å²) in [6, 6.07) is 0. The number of allylic oxidation sites excluding steroid dienone is 6. The summed E-state index contributed by atoms with van der Waals surface area (Å²) in [5.41, 5.74) is 6.08. The Labute approximate surface area is 62.2 Å². The maximum absolute atomic E-state index is 5.11. The van der Waals surface area contributed by atoms with Gasteiger partial charge < -0.3 is 5.73 Å². The molecule has 0 unspecified atom stereocenters. The quantitative estimate of drug-likeness (QED) is 0.589. The van der Waals surface area contributed by atoms with Gasteiger partial charge in [-0.15, -0.1) is 0 Å². The third-order valence-electron chi connectivity index (χ3n) is 0.913. The molecule has 0 aliphatic carbocycles. The molecule has 0 saturated heterocycles. The van der Waals surface area contributed by atoms with Crippen molar-refractivity contribution in [2.75, 3.05) is 0 Å². The predicted molar refractivity (Wildman–Crippen MR) is 46.4 cm³/mol. The van der Waals surface area contributed by atoms with Gasteiger partial charge in [-0.25, -0.2) is 0 Å². The van der Waals surface area contributed by atoms with Gasteiger partial charge in [0.05, 0.1) is 0 Å². The second-order valence-corrected chi connectivity index (χ2v) is 1.82. The molecule has 0 spiro atoms. The van der Waals surface area contributed by atoms with Crippen molar-refractivity contribution in [2.24, 2.45) is 5.73 Å². The van der Waals surface area contributed by atoms with Gasteiger partial charge in [0.15, 0.2) is 0 Å². The van der Waals surface area contributed by atoms with Crippen LogP contribution < -0.4 is 5.73 Å². The third-order valence-corrected chi connectivity index (χ3v) is 0.913. The summed E-state index contributed by atoms with van der Waals surface area (Å²) in [5.74, 6) is 0. The zero-order valence-electron chi connectivity index (χ0n) is 6.25. The lowest BCUT2D eigenvalue weighted by Gasteiger charge is -1.83. The minimum atomic E-state index is 0.973. The molecule has 0 aromatic carbocycles. The van der Waals surface area contributed by atoms with Crippen LogP contribution in [-0.4, -0.2) is 0 Å². The molecular formula is C9H13N. The molecule has 0 aromatic rings. The minimum Gasteiger partial charge on any atom is -0.405 e. The molecule has 0 radical (unpaired) electrons. The van der Waals surface area contributed by atoms with Gasteiger partial charge in [0.1, 0.15) is 0 Å². The van der Waals surface area contributed by atoms with Crippen LogP contribution in [0.2, 0.25) is 0 Å². The molecule has 54 valence electrons. The number of hydrogen-bond donors (Lipinski definition) is 1. The van der Waals surface area contributed by atoms with E-state index in [0.717, 1.165) is 5.57 Å². The normalized spacial score (nSPS) is 12.1. The van der Waals surface area contributed by atoms with Gasteiger partial charge >= 0.3 is 0 Å². The molecule has 0 bridgehead atoms. The smallest absolute Gasteiger partial charge is 0.00624 e. The Morgan fingerprint density at radius 2 is 2.00 bits per heavy atom. The summed E-state index contributed by atoms with van der Waals surface area (Å²) in [6.45, 7) is 5.72. The summed E-state index contributed by atoms with van der Waals surface area (Å²) >= 11 is 0. The molecule has 2 N–H and O–H groups in total. The summed E-state index contributed by atoms with van der Waals surface area (Å²) in [5, 5.41) is 0. The first-order valence-electron chi connectivity index (χ1n) is 3.17. The molecule has 10 heavy (non-hydrogen) atoms. The molecule has 1 nitrogen and oxygen atoms in total. The van der Waals surface area contributed by atoms with Crippen LogP contribution in [0.5, 0.6) is 0 Å². The first-order chi connectivity index (χ1) is 4.81. The lowest BCUT2D eigenvalue weighted by atomic mass is 10.2. The van der Waals surface area contributed by atoms with Crippen molar-refractivity contribution in [2.45, 2.75) is 6.92 Å². The van der Waals surface area contributed by atoms with Crippen molar-refractivity contribution in [3.05, 3.63) is 48.7 Å². The molecule has 0 fully saturated rings. The largest absolute Gasteiger partial charge is 0.405 e. The second kappa shape index (κ2) is 5.89. The van der Waals surface area contributed by atoms with E-state index in [1.807, 2.05) is 31.2 Å². The van der Waals surface area contributed by atoms with E-state index in [0.29, 0.717) is 0 Å². The highest BCUT2D eigenvalue weighted by molar-refractivity contribution is 5.28. The van der Waals surface area contributed by atoms with Gasteiger partial charge in [-0.1, -0.05) is 30.9 Å². The average Bonchev–Trinajstić information content (AvgIpc) is 1.89. The fourth-order valence-corrected chi connectivity index (χ4v) is 0.513. The van der Waals surface area contributed by atoms with Gasteiger partial charge in [0.2, 0.25) is 0 Å². The molecule has 0 rings (SSSR count). The fraction of sp³-hybridized carbons (Fsp3) is 0.111. The van der Waals surface area contributed by atoms with E-state index < -0.39 is 0 Å². The number of nitrogens with two attached hydrogens (primary N) is 1. The van der Waals surface area contributed by atoms with Crippen LogP contribution in [0.4, 0.5) is 0 Å². The Morgan fingerprint density at radius 1 is 1.30 bits per heavy atom. The maximum Gasteiger partial charge on any atom is -0.00624 e.